The number of rotatable bonds is 5. The number of carbonyl (C=O) groups excluding carboxylic acids is 1. The van der Waals surface area contributed by atoms with Crippen molar-refractivity contribution in [1.29, 1.82) is 0 Å². The highest BCUT2D eigenvalue weighted by Crippen LogP contribution is 1.84. The molecule has 0 aliphatic carbocycles. The predicted octanol–water partition coefficient (Wildman–Crippen LogP) is 0.597. The molecule has 1 amide bonds. The van der Waals surface area contributed by atoms with E-state index in [9.17, 15) is 9.59 Å². The maximum Gasteiger partial charge on any atom is 0.407 e. The van der Waals surface area contributed by atoms with Crippen LogP contribution < -0.4 is 5.32 Å². The van der Waals surface area contributed by atoms with Crippen molar-refractivity contribution in [3.8, 4) is 0 Å². The second kappa shape index (κ2) is 6.45. The Morgan fingerprint density at radius 1 is 1.50 bits per heavy atom. The van der Waals surface area contributed by atoms with E-state index in [1.165, 1.54) is 0 Å². The van der Waals surface area contributed by atoms with Gasteiger partial charge in [0.1, 0.15) is 0 Å². The molecule has 0 aromatic carbocycles. The first kappa shape index (κ1) is 10.7. The Morgan fingerprint density at radius 3 is 2.67 bits per heavy atom. The fourth-order valence-electron chi connectivity index (χ4n) is 0.546. The van der Waals surface area contributed by atoms with Gasteiger partial charge >= 0.3 is 12.1 Å². The predicted molar refractivity (Wildman–Crippen MR) is 41.9 cm³/mol. The summed E-state index contributed by atoms with van der Waals surface area (Å²) in [5.74, 6) is -1.15. The lowest BCUT2D eigenvalue weighted by Crippen LogP contribution is -2.27. The first-order chi connectivity index (χ1) is 5.66. The van der Waals surface area contributed by atoms with E-state index in [1.807, 2.05) is 6.92 Å². The van der Waals surface area contributed by atoms with Gasteiger partial charge in [-0.2, -0.15) is 0 Å². The van der Waals surface area contributed by atoms with Crippen molar-refractivity contribution < 1.29 is 19.4 Å². The summed E-state index contributed by atoms with van der Waals surface area (Å²) in [6.07, 6.45) is 1.16. The molecule has 0 fully saturated rings. The van der Waals surface area contributed by atoms with Crippen molar-refractivity contribution in [3.63, 3.8) is 0 Å². The lowest BCUT2D eigenvalue weighted by atomic mass is 10.3. The number of ether oxygens (including phenoxy) is 1. The van der Waals surface area contributed by atoms with Gasteiger partial charge in [0.15, 0.2) is 6.61 Å². The average Bonchev–Trinajstić information content (AvgIpc) is 2.01. The number of carboxylic acid groups (broad SMARTS) is 1. The van der Waals surface area contributed by atoms with Gasteiger partial charge in [-0.05, 0) is 6.42 Å². The maximum absolute atomic E-state index is 10.6. The number of aliphatic carboxylic acids is 1. The standard InChI is InChI=1S/C7H13NO4/c1-2-3-4-8-7(11)12-5-6(9)10/h2-5H2,1H3,(H,8,11)(H,9,10). The van der Waals surface area contributed by atoms with Gasteiger partial charge in [-0.1, -0.05) is 13.3 Å². The summed E-state index contributed by atoms with van der Waals surface area (Å²) in [5.41, 5.74) is 0. The highest BCUT2D eigenvalue weighted by molar-refractivity contribution is 5.73. The van der Waals surface area contributed by atoms with Crippen LogP contribution in [0.2, 0.25) is 0 Å². The minimum atomic E-state index is -1.15. The van der Waals surface area contributed by atoms with Gasteiger partial charge in [0.2, 0.25) is 0 Å². The van der Waals surface area contributed by atoms with E-state index in [4.69, 9.17) is 5.11 Å². The van der Waals surface area contributed by atoms with E-state index in [-0.39, 0.29) is 0 Å². The van der Waals surface area contributed by atoms with Crippen molar-refractivity contribution in [1.82, 2.24) is 5.32 Å². The van der Waals surface area contributed by atoms with Crippen LogP contribution in [0.15, 0.2) is 0 Å². The monoisotopic (exact) mass is 175 g/mol. The largest absolute Gasteiger partial charge is 0.479 e. The third-order valence-corrected chi connectivity index (χ3v) is 1.13. The first-order valence-electron chi connectivity index (χ1n) is 3.79. The number of unbranched alkanes of at least 4 members (excludes halogenated alkanes) is 1. The molecule has 5 nitrogen and oxygen atoms in total. The van der Waals surface area contributed by atoms with Gasteiger partial charge < -0.3 is 15.2 Å². The first-order valence-corrected chi connectivity index (χ1v) is 3.79. The van der Waals surface area contributed by atoms with E-state index >= 15 is 0 Å². The summed E-state index contributed by atoms with van der Waals surface area (Å²) in [6.45, 7) is 1.93. The van der Waals surface area contributed by atoms with Gasteiger partial charge in [-0.3, -0.25) is 0 Å². The molecule has 0 spiro atoms. The quantitative estimate of drug-likeness (QED) is 0.600. The molecule has 70 valence electrons. The van der Waals surface area contributed by atoms with E-state index < -0.39 is 18.7 Å². The number of hydrogen-bond acceptors (Lipinski definition) is 3. The zero-order valence-electron chi connectivity index (χ0n) is 7.00. The maximum atomic E-state index is 10.6. The molecule has 0 saturated heterocycles. The number of carbonyl (C=O) groups is 2. The minimum Gasteiger partial charge on any atom is -0.479 e. The summed E-state index contributed by atoms with van der Waals surface area (Å²) in [5, 5.41) is 10.5. The third-order valence-electron chi connectivity index (χ3n) is 1.13. The van der Waals surface area contributed by atoms with Crippen molar-refractivity contribution in [3.05, 3.63) is 0 Å². The Morgan fingerprint density at radius 2 is 2.17 bits per heavy atom. The fraction of sp³-hybridized carbons (Fsp3) is 0.714. The summed E-state index contributed by atoms with van der Waals surface area (Å²) in [6, 6.07) is 0. The molecule has 5 heteroatoms. The molecule has 2 N–H and O–H groups in total. The second-order valence-electron chi connectivity index (χ2n) is 2.25. The Balaban J connectivity index is 3.28. The molecule has 12 heavy (non-hydrogen) atoms. The van der Waals surface area contributed by atoms with Gasteiger partial charge in [0.05, 0.1) is 0 Å². The van der Waals surface area contributed by atoms with Crippen LogP contribution >= 0.6 is 0 Å². The molecule has 0 rings (SSSR count). The van der Waals surface area contributed by atoms with Gasteiger partial charge in [-0.25, -0.2) is 9.59 Å². The molecule has 0 aliphatic heterocycles. The van der Waals surface area contributed by atoms with Crippen molar-refractivity contribution in [2.24, 2.45) is 0 Å². The highest BCUT2D eigenvalue weighted by atomic mass is 16.6. The zero-order chi connectivity index (χ0) is 9.40. The molecule has 0 unspecified atom stereocenters. The van der Waals surface area contributed by atoms with Crippen LogP contribution in [-0.2, 0) is 9.53 Å². The highest BCUT2D eigenvalue weighted by Gasteiger charge is 2.03. The zero-order valence-corrected chi connectivity index (χ0v) is 7.00. The Labute approximate surface area is 70.7 Å². The van der Waals surface area contributed by atoms with Gasteiger partial charge in [0.25, 0.3) is 0 Å². The topological polar surface area (TPSA) is 75.6 Å². The van der Waals surface area contributed by atoms with Crippen LogP contribution in [0, 0.1) is 0 Å². The van der Waals surface area contributed by atoms with Gasteiger partial charge in [-0.15, -0.1) is 0 Å². The van der Waals surface area contributed by atoms with Crippen LogP contribution in [0.4, 0.5) is 4.79 Å². The molecule has 0 heterocycles. The van der Waals surface area contributed by atoms with E-state index in [0.717, 1.165) is 12.8 Å². The lowest BCUT2D eigenvalue weighted by molar-refractivity contribution is -0.140. The number of amides is 1. The normalized spacial score (nSPS) is 9.08. The number of alkyl carbamates (subject to hydrolysis) is 1. The van der Waals surface area contributed by atoms with Crippen molar-refractivity contribution in [2.45, 2.75) is 19.8 Å². The Hall–Kier alpha value is -1.26. The molecular formula is C7H13NO4. The number of hydrogen-bond donors (Lipinski definition) is 2. The fourth-order valence-corrected chi connectivity index (χ4v) is 0.546. The van der Waals surface area contributed by atoms with Crippen molar-refractivity contribution in [2.75, 3.05) is 13.2 Å². The number of carboxylic acids is 1. The molecule has 0 aromatic heterocycles. The lowest BCUT2D eigenvalue weighted by Gasteiger charge is -2.03. The van der Waals surface area contributed by atoms with Crippen LogP contribution in [0.5, 0.6) is 0 Å². The van der Waals surface area contributed by atoms with E-state index in [0.29, 0.717) is 6.54 Å². The molecule has 0 aliphatic rings. The average molecular weight is 175 g/mol. The summed E-state index contributed by atoms with van der Waals surface area (Å²) in [4.78, 5) is 20.6. The van der Waals surface area contributed by atoms with Crippen LogP contribution in [0.1, 0.15) is 19.8 Å². The molecule has 0 radical (unpaired) electrons. The summed E-state index contributed by atoms with van der Waals surface area (Å²) >= 11 is 0. The SMILES string of the molecule is CCCCNC(=O)OCC(=O)O. The van der Waals surface area contributed by atoms with Gasteiger partial charge in [0, 0.05) is 6.54 Å². The van der Waals surface area contributed by atoms with Crippen LogP contribution in [-0.4, -0.2) is 30.3 Å². The smallest absolute Gasteiger partial charge is 0.407 e. The van der Waals surface area contributed by atoms with E-state index in [1.54, 1.807) is 0 Å². The molecule has 0 saturated carbocycles. The van der Waals surface area contributed by atoms with Crippen LogP contribution in [0.25, 0.3) is 0 Å². The molecule has 0 aromatic rings. The van der Waals surface area contributed by atoms with Crippen LogP contribution in [0.3, 0.4) is 0 Å². The number of nitrogens with one attached hydrogen (secondary N) is 1. The van der Waals surface area contributed by atoms with E-state index in [2.05, 4.69) is 10.1 Å². The minimum absolute atomic E-state index is 0.523. The summed E-state index contributed by atoms with van der Waals surface area (Å²) in [7, 11) is 0. The molecular weight excluding hydrogens is 162 g/mol. The Kier molecular flexibility index (Phi) is 5.77. The van der Waals surface area contributed by atoms with Crippen molar-refractivity contribution >= 4 is 12.1 Å². The summed E-state index contributed by atoms with van der Waals surface area (Å²) < 4.78 is 4.30. The molecule has 0 bridgehead atoms. The molecule has 0 atom stereocenters. The third kappa shape index (κ3) is 6.85. The Bertz CT molecular complexity index is 157. The second-order valence-corrected chi connectivity index (χ2v) is 2.25.